The van der Waals surface area contributed by atoms with Crippen LogP contribution in [0.3, 0.4) is 0 Å². The summed E-state index contributed by atoms with van der Waals surface area (Å²) in [7, 11) is 0. The van der Waals surface area contributed by atoms with Gasteiger partial charge in [-0.3, -0.25) is 9.59 Å². The van der Waals surface area contributed by atoms with E-state index in [1.807, 2.05) is 12.1 Å². The largest absolute Gasteiger partial charge is 0.485 e. The Labute approximate surface area is 158 Å². The third kappa shape index (κ3) is 2.81. The smallest absolute Gasteiger partial charge is 0.267 e. The number of hydrogen-bond donors (Lipinski definition) is 1. The normalized spacial score (nSPS) is 18.6. The highest BCUT2D eigenvalue weighted by atomic mass is 16.6. The van der Waals surface area contributed by atoms with Crippen molar-refractivity contribution in [1.82, 2.24) is 20.0 Å². The van der Waals surface area contributed by atoms with Gasteiger partial charge in [0.15, 0.2) is 11.5 Å². The van der Waals surface area contributed by atoms with Gasteiger partial charge in [0.2, 0.25) is 17.8 Å². The molecular formula is C19H16N4O5. The molecule has 1 aromatic carbocycles. The molecule has 1 N–H and O–H groups in total. The number of carbonyl (C=O) groups is 1. The number of rotatable bonds is 3. The van der Waals surface area contributed by atoms with Gasteiger partial charge in [-0.2, -0.15) is 4.98 Å². The lowest BCUT2D eigenvalue weighted by Crippen LogP contribution is -2.55. The average molecular weight is 380 g/mol. The van der Waals surface area contributed by atoms with Crippen molar-refractivity contribution < 1.29 is 18.8 Å². The van der Waals surface area contributed by atoms with Gasteiger partial charge >= 0.3 is 0 Å². The van der Waals surface area contributed by atoms with E-state index in [0.29, 0.717) is 36.0 Å². The van der Waals surface area contributed by atoms with Crippen LogP contribution in [0, 0.1) is 0 Å². The van der Waals surface area contributed by atoms with Crippen LogP contribution in [0.1, 0.15) is 11.8 Å². The summed E-state index contributed by atoms with van der Waals surface area (Å²) in [5.74, 6) is 1.66. The number of aromatic nitrogens is 3. The maximum Gasteiger partial charge on any atom is 0.267 e. The summed E-state index contributed by atoms with van der Waals surface area (Å²) in [5.41, 5.74) is 0.0613. The van der Waals surface area contributed by atoms with E-state index in [0.717, 1.165) is 0 Å². The van der Waals surface area contributed by atoms with Gasteiger partial charge in [-0.1, -0.05) is 17.3 Å². The number of aromatic amines is 1. The van der Waals surface area contributed by atoms with Crippen molar-refractivity contribution in [3.63, 3.8) is 0 Å². The molecule has 1 saturated heterocycles. The Morgan fingerprint density at radius 3 is 2.79 bits per heavy atom. The SMILES string of the molecule is O=C([C@@H]1COc2ccccc2O1)N1CC(c2nc(-c3ccc[nH]c3=O)no2)C1. The molecule has 0 saturated carbocycles. The molecule has 142 valence electrons. The number of likely N-dealkylation sites (tertiary alicyclic amines) is 1. The predicted octanol–water partition coefficient (Wildman–Crippen LogP) is 1.19. The molecule has 1 amide bonds. The van der Waals surface area contributed by atoms with Crippen molar-refractivity contribution >= 4 is 5.91 Å². The lowest BCUT2D eigenvalue weighted by Gasteiger charge is -2.39. The fraction of sp³-hybridized carbons (Fsp3) is 0.263. The molecule has 28 heavy (non-hydrogen) atoms. The number of pyridine rings is 1. The molecule has 5 rings (SSSR count). The second kappa shape index (κ2) is 6.52. The van der Waals surface area contributed by atoms with Gasteiger partial charge < -0.3 is 23.9 Å². The zero-order chi connectivity index (χ0) is 19.1. The number of nitrogens with zero attached hydrogens (tertiary/aromatic N) is 3. The van der Waals surface area contributed by atoms with Crippen LogP contribution in [-0.2, 0) is 4.79 Å². The molecule has 3 aromatic rings. The van der Waals surface area contributed by atoms with Crippen LogP contribution < -0.4 is 15.0 Å². The molecule has 4 heterocycles. The van der Waals surface area contributed by atoms with E-state index in [9.17, 15) is 9.59 Å². The van der Waals surface area contributed by atoms with Crippen LogP contribution in [0.25, 0.3) is 11.4 Å². The maximum atomic E-state index is 12.6. The van der Waals surface area contributed by atoms with Gasteiger partial charge in [-0.05, 0) is 24.3 Å². The molecule has 0 spiro atoms. The fourth-order valence-corrected chi connectivity index (χ4v) is 3.27. The zero-order valence-electron chi connectivity index (χ0n) is 14.7. The number of nitrogens with one attached hydrogen (secondary N) is 1. The van der Waals surface area contributed by atoms with Crippen LogP contribution in [-0.4, -0.2) is 51.7 Å². The molecule has 2 aromatic heterocycles. The average Bonchev–Trinajstić information content (AvgIpc) is 3.16. The van der Waals surface area contributed by atoms with E-state index in [1.54, 1.807) is 29.2 Å². The van der Waals surface area contributed by atoms with Crippen LogP contribution in [0.15, 0.2) is 51.9 Å². The molecule has 0 aliphatic carbocycles. The van der Waals surface area contributed by atoms with Gasteiger partial charge in [0.25, 0.3) is 11.5 Å². The highest BCUT2D eigenvalue weighted by Crippen LogP contribution is 2.33. The lowest BCUT2D eigenvalue weighted by atomic mass is 9.99. The topological polar surface area (TPSA) is 111 Å². The predicted molar refractivity (Wildman–Crippen MR) is 96.0 cm³/mol. The van der Waals surface area contributed by atoms with Crippen molar-refractivity contribution in [3.05, 3.63) is 58.8 Å². The first-order chi connectivity index (χ1) is 13.7. The number of benzene rings is 1. The third-order valence-electron chi connectivity index (χ3n) is 4.83. The molecule has 0 radical (unpaired) electrons. The highest BCUT2D eigenvalue weighted by molar-refractivity contribution is 5.83. The summed E-state index contributed by atoms with van der Waals surface area (Å²) in [4.78, 5) is 33.0. The summed E-state index contributed by atoms with van der Waals surface area (Å²) >= 11 is 0. The van der Waals surface area contributed by atoms with Crippen LogP contribution in [0.2, 0.25) is 0 Å². The number of hydrogen-bond acceptors (Lipinski definition) is 7. The molecule has 0 bridgehead atoms. The van der Waals surface area contributed by atoms with Crippen molar-refractivity contribution in [1.29, 1.82) is 0 Å². The molecule has 1 atom stereocenters. The van der Waals surface area contributed by atoms with E-state index in [4.69, 9.17) is 14.0 Å². The second-order valence-corrected chi connectivity index (χ2v) is 6.67. The summed E-state index contributed by atoms with van der Waals surface area (Å²) < 4.78 is 16.7. The van der Waals surface area contributed by atoms with Crippen LogP contribution in [0.5, 0.6) is 11.5 Å². The van der Waals surface area contributed by atoms with Crippen molar-refractivity contribution in [2.45, 2.75) is 12.0 Å². The fourth-order valence-electron chi connectivity index (χ4n) is 3.27. The number of carbonyl (C=O) groups excluding carboxylic acids is 1. The monoisotopic (exact) mass is 380 g/mol. The summed E-state index contributed by atoms with van der Waals surface area (Å²) in [6.07, 6.45) is 0.870. The quantitative estimate of drug-likeness (QED) is 0.727. The van der Waals surface area contributed by atoms with Crippen molar-refractivity contribution in [2.75, 3.05) is 19.7 Å². The maximum absolute atomic E-state index is 12.6. The Balaban J connectivity index is 1.23. The van der Waals surface area contributed by atoms with E-state index in [2.05, 4.69) is 15.1 Å². The van der Waals surface area contributed by atoms with Crippen LogP contribution in [0.4, 0.5) is 0 Å². The molecule has 2 aliphatic heterocycles. The molecular weight excluding hydrogens is 364 g/mol. The Hall–Kier alpha value is -3.62. The Bertz CT molecular complexity index is 1090. The first kappa shape index (κ1) is 16.5. The van der Waals surface area contributed by atoms with Gasteiger partial charge in [0, 0.05) is 19.3 Å². The van der Waals surface area contributed by atoms with E-state index in [-0.39, 0.29) is 29.8 Å². The molecule has 2 aliphatic rings. The van der Waals surface area contributed by atoms with Crippen LogP contribution >= 0.6 is 0 Å². The molecule has 9 heteroatoms. The van der Waals surface area contributed by atoms with Gasteiger partial charge in [0.1, 0.15) is 6.61 Å². The molecule has 9 nitrogen and oxygen atoms in total. The van der Waals surface area contributed by atoms with E-state index in [1.165, 1.54) is 6.20 Å². The van der Waals surface area contributed by atoms with Crippen molar-refractivity contribution in [3.8, 4) is 22.9 Å². The second-order valence-electron chi connectivity index (χ2n) is 6.67. The minimum absolute atomic E-state index is 0.0650. The highest BCUT2D eigenvalue weighted by Gasteiger charge is 2.40. The third-order valence-corrected chi connectivity index (χ3v) is 4.83. The summed E-state index contributed by atoms with van der Waals surface area (Å²) in [6, 6.07) is 10.6. The van der Waals surface area contributed by atoms with Gasteiger partial charge in [0.05, 0.1) is 11.5 Å². The Kier molecular flexibility index (Phi) is 3.85. The Morgan fingerprint density at radius 1 is 1.14 bits per heavy atom. The zero-order valence-corrected chi connectivity index (χ0v) is 14.7. The minimum Gasteiger partial charge on any atom is -0.485 e. The first-order valence-electron chi connectivity index (χ1n) is 8.88. The van der Waals surface area contributed by atoms with Crippen molar-refractivity contribution in [2.24, 2.45) is 0 Å². The number of fused-ring (bicyclic) bond motifs is 1. The summed E-state index contributed by atoms with van der Waals surface area (Å²) in [6.45, 7) is 1.08. The molecule has 1 fully saturated rings. The Morgan fingerprint density at radius 2 is 1.96 bits per heavy atom. The summed E-state index contributed by atoms with van der Waals surface area (Å²) in [5, 5.41) is 3.88. The van der Waals surface area contributed by atoms with Gasteiger partial charge in [-0.15, -0.1) is 0 Å². The lowest BCUT2D eigenvalue weighted by molar-refractivity contribution is -0.146. The number of ether oxygens (including phenoxy) is 2. The van der Waals surface area contributed by atoms with Gasteiger partial charge in [-0.25, -0.2) is 0 Å². The van der Waals surface area contributed by atoms with E-state index >= 15 is 0 Å². The molecule has 0 unspecified atom stereocenters. The number of H-pyrrole nitrogens is 1. The first-order valence-corrected chi connectivity index (χ1v) is 8.88. The number of para-hydroxylation sites is 2. The number of amides is 1. The van der Waals surface area contributed by atoms with E-state index < -0.39 is 6.10 Å². The minimum atomic E-state index is -0.669. The standard InChI is InChI=1S/C19H16N4O5/c24-17-12(4-3-7-20-17)16-21-18(28-22-16)11-8-23(9-11)19(25)15-10-26-13-5-1-2-6-14(13)27-15/h1-7,11,15H,8-10H2,(H,20,24)/t15-/m0/s1.